The second-order valence-electron chi connectivity index (χ2n) is 12.6. The predicted molar refractivity (Wildman–Crippen MR) is 213 cm³/mol. The summed E-state index contributed by atoms with van der Waals surface area (Å²) in [5.74, 6) is 2.51. The van der Waals surface area contributed by atoms with E-state index in [1.165, 1.54) is 20.2 Å². The van der Waals surface area contributed by atoms with E-state index in [2.05, 4.69) is 97.1 Å². The average molecular weight is 685 g/mol. The third-order valence-corrected chi connectivity index (χ3v) is 10.6. The van der Waals surface area contributed by atoms with Gasteiger partial charge in [0.2, 0.25) is 5.89 Å². The van der Waals surface area contributed by atoms with Crippen LogP contribution in [0.3, 0.4) is 0 Å². The summed E-state index contributed by atoms with van der Waals surface area (Å²) in [6.45, 7) is 0. The Bertz CT molecular complexity index is 2900. The first-order valence-corrected chi connectivity index (χ1v) is 18.0. The van der Waals surface area contributed by atoms with Crippen molar-refractivity contribution < 1.29 is 4.42 Å². The van der Waals surface area contributed by atoms with E-state index in [9.17, 15) is 0 Å². The van der Waals surface area contributed by atoms with E-state index < -0.39 is 0 Å². The summed E-state index contributed by atoms with van der Waals surface area (Å²) in [6, 6.07) is 58.1. The van der Waals surface area contributed by atoms with Crippen LogP contribution in [0.15, 0.2) is 174 Å². The number of rotatable bonds is 6. The molecule has 0 aliphatic heterocycles. The zero-order valence-electron chi connectivity index (χ0n) is 27.8. The quantitative estimate of drug-likeness (QED) is 0.174. The van der Waals surface area contributed by atoms with Crippen molar-refractivity contribution in [1.29, 1.82) is 0 Å². The second kappa shape index (κ2) is 12.5. The van der Waals surface area contributed by atoms with E-state index in [0.717, 1.165) is 55.6 Å². The fourth-order valence-electron chi connectivity index (χ4n) is 6.83. The number of para-hydroxylation sites is 1. The van der Waals surface area contributed by atoms with Gasteiger partial charge in [0.15, 0.2) is 23.1 Å². The molecule has 6 heteroatoms. The molecule has 0 radical (unpaired) electrons. The number of aromatic nitrogens is 4. The van der Waals surface area contributed by atoms with Crippen molar-refractivity contribution in [2.75, 3.05) is 0 Å². The van der Waals surface area contributed by atoms with Gasteiger partial charge in [0.05, 0.1) is 0 Å². The molecule has 0 amide bonds. The molecule has 0 N–H and O–H groups in total. The molecule has 7 aromatic carbocycles. The third kappa shape index (κ3) is 5.34. The molecule has 0 atom stereocenters. The van der Waals surface area contributed by atoms with Crippen LogP contribution in [0.4, 0.5) is 0 Å². The molecule has 3 heterocycles. The number of hydrogen-bond donors (Lipinski definition) is 0. The maximum atomic E-state index is 6.32. The van der Waals surface area contributed by atoms with Gasteiger partial charge in [0, 0.05) is 48.0 Å². The lowest BCUT2D eigenvalue weighted by Gasteiger charge is -2.10. The molecule has 244 valence electrons. The summed E-state index contributed by atoms with van der Waals surface area (Å²) in [4.78, 5) is 20.1. The topological polar surface area (TPSA) is 64.7 Å². The highest BCUT2D eigenvalue weighted by molar-refractivity contribution is 7.26. The van der Waals surface area contributed by atoms with Gasteiger partial charge < -0.3 is 4.42 Å². The van der Waals surface area contributed by atoms with Gasteiger partial charge in [-0.15, -0.1) is 11.3 Å². The molecule has 10 aromatic rings. The maximum absolute atomic E-state index is 6.32. The van der Waals surface area contributed by atoms with Gasteiger partial charge >= 0.3 is 0 Å². The van der Waals surface area contributed by atoms with Crippen LogP contribution in [0.2, 0.25) is 0 Å². The number of benzene rings is 7. The summed E-state index contributed by atoms with van der Waals surface area (Å²) in [5.41, 5.74) is 9.63. The highest BCUT2D eigenvalue weighted by Gasteiger charge is 2.18. The van der Waals surface area contributed by atoms with Gasteiger partial charge in [-0.3, -0.25) is 0 Å². The first-order chi connectivity index (χ1) is 25.7. The second-order valence-corrected chi connectivity index (χ2v) is 13.7. The molecule has 52 heavy (non-hydrogen) atoms. The predicted octanol–water partition coefficient (Wildman–Crippen LogP) is 12.4. The zero-order chi connectivity index (χ0) is 34.4. The molecule has 0 saturated heterocycles. The molecule has 0 unspecified atom stereocenters. The smallest absolute Gasteiger partial charge is 0.227 e. The van der Waals surface area contributed by atoms with Crippen molar-refractivity contribution >= 4 is 42.6 Å². The fraction of sp³-hybridized carbons (Fsp3) is 0. The van der Waals surface area contributed by atoms with Gasteiger partial charge in [-0.25, -0.2) is 19.9 Å². The van der Waals surface area contributed by atoms with Crippen molar-refractivity contribution in [2.24, 2.45) is 0 Å². The van der Waals surface area contributed by atoms with E-state index in [1.807, 2.05) is 72.8 Å². The van der Waals surface area contributed by atoms with Crippen molar-refractivity contribution in [2.45, 2.75) is 0 Å². The summed E-state index contributed by atoms with van der Waals surface area (Å²) in [5, 5.41) is 2.45. The van der Waals surface area contributed by atoms with Crippen LogP contribution in [-0.2, 0) is 0 Å². The molecular weight excluding hydrogens is 657 g/mol. The van der Waals surface area contributed by atoms with Crippen LogP contribution >= 0.6 is 11.3 Å². The fourth-order valence-corrected chi connectivity index (χ4v) is 8.04. The summed E-state index contributed by atoms with van der Waals surface area (Å²) in [7, 11) is 0. The lowest BCUT2D eigenvalue weighted by Crippen LogP contribution is -2.00. The Kier molecular flexibility index (Phi) is 7.25. The molecule has 0 aliphatic rings. The molecule has 0 fully saturated rings. The monoisotopic (exact) mass is 684 g/mol. The van der Waals surface area contributed by atoms with Gasteiger partial charge in [-0.2, -0.15) is 0 Å². The van der Waals surface area contributed by atoms with Crippen molar-refractivity contribution in [3.63, 3.8) is 0 Å². The van der Waals surface area contributed by atoms with E-state index in [0.29, 0.717) is 23.4 Å². The van der Waals surface area contributed by atoms with Crippen LogP contribution in [0, 0.1) is 0 Å². The minimum Gasteiger partial charge on any atom is -0.436 e. The largest absolute Gasteiger partial charge is 0.436 e. The molecule has 3 aromatic heterocycles. The number of hydrogen-bond acceptors (Lipinski definition) is 6. The SMILES string of the molecule is c1ccc(-c2cccc(-c3nc4c(-c5ccc(-c6nc(-c7ccccc7)nc(-c7cccc8c7sc7ccccc78)n6)cc5)cccc4o3)c2)cc1. The Morgan fingerprint density at radius 3 is 1.77 bits per heavy atom. The molecule has 0 aliphatic carbocycles. The Balaban J connectivity index is 1.04. The average Bonchev–Trinajstić information content (AvgIpc) is 3.84. The Morgan fingerprint density at radius 1 is 0.385 bits per heavy atom. The van der Waals surface area contributed by atoms with Gasteiger partial charge in [-0.1, -0.05) is 140 Å². The highest BCUT2D eigenvalue weighted by atomic mass is 32.1. The molecular formula is C46H28N4OS. The Morgan fingerprint density at radius 2 is 0.962 bits per heavy atom. The molecule has 10 rings (SSSR count). The van der Waals surface area contributed by atoms with E-state index in [-0.39, 0.29) is 0 Å². The minimum atomic E-state index is 0.594. The first-order valence-electron chi connectivity index (χ1n) is 17.1. The van der Waals surface area contributed by atoms with Gasteiger partial charge in [0.1, 0.15) is 5.52 Å². The lowest BCUT2D eigenvalue weighted by molar-refractivity contribution is 0.620. The van der Waals surface area contributed by atoms with E-state index in [4.69, 9.17) is 24.4 Å². The van der Waals surface area contributed by atoms with Crippen LogP contribution in [0.1, 0.15) is 0 Å². The first kappa shape index (κ1) is 30.1. The molecule has 0 spiro atoms. The van der Waals surface area contributed by atoms with Crippen molar-refractivity contribution in [3.05, 3.63) is 170 Å². The van der Waals surface area contributed by atoms with Crippen LogP contribution < -0.4 is 0 Å². The Labute approximate surface area is 303 Å². The number of thiophene rings is 1. The Hall–Kier alpha value is -6.76. The highest BCUT2D eigenvalue weighted by Crippen LogP contribution is 2.40. The van der Waals surface area contributed by atoms with Crippen LogP contribution in [0.25, 0.3) is 99.1 Å². The van der Waals surface area contributed by atoms with E-state index in [1.54, 1.807) is 11.3 Å². The molecule has 0 bridgehead atoms. The lowest BCUT2D eigenvalue weighted by atomic mass is 10.0. The van der Waals surface area contributed by atoms with Crippen molar-refractivity contribution in [1.82, 2.24) is 19.9 Å². The summed E-state index contributed by atoms with van der Waals surface area (Å²) >= 11 is 1.77. The van der Waals surface area contributed by atoms with Gasteiger partial charge in [0.25, 0.3) is 0 Å². The maximum Gasteiger partial charge on any atom is 0.227 e. The normalized spacial score (nSPS) is 11.5. The van der Waals surface area contributed by atoms with Crippen molar-refractivity contribution in [3.8, 4) is 67.9 Å². The van der Waals surface area contributed by atoms with E-state index >= 15 is 0 Å². The number of fused-ring (bicyclic) bond motifs is 4. The summed E-state index contributed by atoms with van der Waals surface area (Å²) < 4.78 is 8.74. The van der Waals surface area contributed by atoms with Crippen LogP contribution in [0.5, 0.6) is 0 Å². The number of oxazole rings is 1. The molecule has 5 nitrogen and oxygen atoms in total. The van der Waals surface area contributed by atoms with Crippen LogP contribution in [-0.4, -0.2) is 19.9 Å². The van der Waals surface area contributed by atoms with Gasteiger partial charge in [-0.05, 0) is 47.0 Å². The molecule has 0 saturated carbocycles. The summed E-state index contributed by atoms with van der Waals surface area (Å²) in [6.07, 6.45) is 0. The number of nitrogens with zero attached hydrogens (tertiary/aromatic N) is 4. The standard InChI is InChI=1S/C46H28N4OS/c1-3-12-29(13-4-1)33-16-9-17-34(28-33)46-47-41-35(19-11-22-39(41)51-46)30-24-26-32(27-25-30)44-48-43(31-14-5-2-6-15-31)49-45(50-44)38-21-10-20-37-36-18-7-8-23-40(36)52-42(37)38/h1-28H. The zero-order valence-corrected chi connectivity index (χ0v) is 28.6. The third-order valence-electron chi connectivity index (χ3n) is 9.40. The minimum absolute atomic E-state index is 0.594.